The van der Waals surface area contributed by atoms with E-state index < -0.39 is 18.1 Å². The third-order valence-electron chi connectivity index (χ3n) is 1.86. The Kier molecular flexibility index (Phi) is 7.49. The molecule has 94 valence electrons. The molecule has 16 heavy (non-hydrogen) atoms. The lowest BCUT2D eigenvalue weighted by Crippen LogP contribution is -2.39. The predicted octanol–water partition coefficient (Wildman–Crippen LogP) is -0.0382. The molecule has 0 bridgehead atoms. The monoisotopic (exact) mass is 232 g/mol. The van der Waals surface area contributed by atoms with E-state index in [0.29, 0.717) is 13.0 Å². The second kappa shape index (κ2) is 8.06. The summed E-state index contributed by atoms with van der Waals surface area (Å²) in [5.74, 6) is -0.411. The van der Waals surface area contributed by atoms with E-state index in [2.05, 4.69) is 10.1 Å². The van der Waals surface area contributed by atoms with Gasteiger partial charge in [-0.15, -0.1) is 0 Å². The first-order valence-electron chi connectivity index (χ1n) is 5.29. The molecule has 0 aromatic carbocycles. The summed E-state index contributed by atoms with van der Waals surface area (Å²) in [7, 11) is 1.74. The summed E-state index contributed by atoms with van der Waals surface area (Å²) in [6.45, 7) is 4.28. The second-order valence-electron chi connectivity index (χ2n) is 3.64. The number of hydrogen-bond acceptors (Lipinski definition) is 5. The molecular formula is C10H20N2O4. The average molecular weight is 232 g/mol. The van der Waals surface area contributed by atoms with E-state index in [1.807, 2.05) is 0 Å². The number of rotatable bonds is 6. The molecule has 0 saturated carbocycles. The summed E-state index contributed by atoms with van der Waals surface area (Å²) in [4.78, 5) is 23.9. The van der Waals surface area contributed by atoms with Crippen LogP contribution in [0.3, 0.4) is 0 Å². The molecule has 0 fully saturated rings. The molecule has 6 nitrogen and oxygen atoms in total. The van der Waals surface area contributed by atoms with E-state index in [-0.39, 0.29) is 13.2 Å². The Morgan fingerprint density at radius 3 is 2.62 bits per heavy atom. The number of aliphatic hydroxyl groups excluding tert-OH is 1. The van der Waals surface area contributed by atoms with Crippen LogP contribution in [0.1, 0.15) is 20.3 Å². The number of amides is 2. The minimum atomic E-state index is -0.726. The fraction of sp³-hybridized carbons (Fsp3) is 0.800. The summed E-state index contributed by atoms with van der Waals surface area (Å²) < 4.78 is 4.56. The molecule has 0 heterocycles. The molecule has 2 N–H and O–H groups in total. The third-order valence-corrected chi connectivity index (χ3v) is 1.86. The highest BCUT2D eigenvalue weighted by Crippen LogP contribution is 1.92. The first kappa shape index (κ1) is 14.9. The first-order valence-corrected chi connectivity index (χ1v) is 5.29. The van der Waals surface area contributed by atoms with Crippen molar-refractivity contribution in [1.29, 1.82) is 0 Å². The topological polar surface area (TPSA) is 78.9 Å². The Balaban J connectivity index is 3.73. The quantitative estimate of drug-likeness (QED) is 0.672. The number of nitrogens with zero attached hydrogens (tertiary/aromatic N) is 1. The molecule has 0 radical (unpaired) electrons. The lowest BCUT2D eigenvalue weighted by Gasteiger charge is -2.16. The average Bonchev–Trinajstić information content (AvgIpc) is 2.14. The lowest BCUT2D eigenvalue weighted by atomic mass is 10.3. The van der Waals surface area contributed by atoms with Gasteiger partial charge in [0.2, 0.25) is 5.91 Å². The van der Waals surface area contributed by atoms with E-state index in [1.165, 1.54) is 0 Å². The van der Waals surface area contributed by atoms with Crippen LogP contribution in [0.15, 0.2) is 0 Å². The second-order valence-corrected chi connectivity index (χ2v) is 3.64. The van der Waals surface area contributed by atoms with Crippen LogP contribution in [0.2, 0.25) is 0 Å². The third kappa shape index (κ3) is 8.19. The minimum Gasteiger partial charge on any atom is -0.450 e. The van der Waals surface area contributed by atoms with Gasteiger partial charge >= 0.3 is 6.09 Å². The van der Waals surface area contributed by atoms with E-state index >= 15 is 0 Å². The smallest absolute Gasteiger partial charge is 0.413 e. The molecular weight excluding hydrogens is 212 g/mol. The molecule has 0 aromatic rings. The van der Waals surface area contributed by atoms with Gasteiger partial charge in [0.1, 0.15) is 0 Å². The number of ether oxygens (including phenoxy) is 1. The maximum absolute atomic E-state index is 11.3. The molecule has 0 aliphatic rings. The fourth-order valence-corrected chi connectivity index (χ4v) is 1.05. The first-order chi connectivity index (χ1) is 7.45. The van der Waals surface area contributed by atoms with Crippen LogP contribution in [0.25, 0.3) is 0 Å². The molecule has 2 amide bonds. The van der Waals surface area contributed by atoms with Gasteiger partial charge in [0, 0.05) is 6.54 Å². The zero-order valence-corrected chi connectivity index (χ0v) is 10.0. The molecule has 0 saturated heterocycles. The highest BCUT2D eigenvalue weighted by Gasteiger charge is 2.11. The van der Waals surface area contributed by atoms with Crippen LogP contribution in [0.4, 0.5) is 4.79 Å². The Bertz CT molecular complexity index is 231. The summed E-state index contributed by atoms with van der Waals surface area (Å²) in [6.07, 6.45) is -0.532. The zero-order valence-electron chi connectivity index (χ0n) is 10.0. The molecule has 0 aliphatic heterocycles. The van der Waals surface area contributed by atoms with Gasteiger partial charge < -0.3 is 9.84 Å². The number of carbonyl (C=O) groups is 2. The Labute approximate surface area is 95.6 Å². The van der Waals surface area contributed by atoms with Gasteiger partial charge in [0.05, 0.1) is 19.3 Å². The summed E-state index contributed by atoms with van der Waals surface area (Å²) in [6, 6.07) is 0. The molecule has 1 atom stereocenters. The van der Waals surface area contributed by atoms with Crippen molar-refractivity contribution in [2.24, 2.45) is 0 Å². The van der Waals surface area contributed by atoms with Crippen LogP contribution in [-0.2, 0) is 9.53 Å². The van der Waals surface area contributed by atoms with E-state index in [0.717, 1.165) is 0 Å². The van der Waals surface area contributed by atoms with Crippen LogP contribution in [0, 0.1) is 0 Å². The number of alkyl carbamates (subject to hydrolysis) is 1. The van der Waals surface area contributed by atoms with Crippen LogP contribution < -0.4 is 5.32 Å². The van der Waals surface area contributed by atoms with Crippen molar-refractivity contribution in [2.45, 2.75) is 26.4 Å². The van der Waals surface area contributed by atoms with Crippen LogP contribution in [-0.4, -0.2) is 54.9 Å². The van der Waals surface area contributed by atoms with E-state index in [1.54, 1.807) is 25.8 Å². The number of imide groups is 1. The van der Waals surface area contributed by atoms with Gasteiger partial charge in [-0.3, -0.25) is 15.0 Å². The SMILES string of the molecule is CCOC(=O)NC(=O)CN(C)CCC(C)O. The highest BCUT2D eigenvalue weighted by molar-refractivity contribution is 5.92. The van der Waals surface area contributed by atoms with Crippen LogP contribution in [0.5, 0.6) is 0 Å². The number of likely N-dealkylation sites (N-methyl/N-ethyl adjacent to an activating group) is 1. The van der Waals surface area contributed by atoms with Crippen molar-refractivity contribution in [3.05, 3.63) is 0 Å². The molecule has 0 spiro atoms. The van der Waals surface area contributed by atoms with Crippen molar-refractivity contribution in [3.8, 4) is 0 Å². The highest BCUT2D eigenvalue weighted by atomic mass is 16.5. The van der Waals surface area contributed by atoms with Crippen molar-refractivity contribution < 1.29 is 19.4 Å². The lowest BCUT2D eigenvalue weighted by molar-refractivity contribution is -0.121. The standard InChI is InChI=1S/C10H20N2O4/c1-4-16-10(15)11-9(14)7-12(3)6-5-8(2)13/h8,13H,4-7H2,1-3H3,(H,11,14,15). The number of nitrogens with one attached hydrogen (secondary N) is 1. The van der Waals surface area contributed by atoms with Crippen molar-refractivity contribution in [1.82, 2.24) is 10.2 Å². The van der Waals surface area contributed by atoms with Crippen molar-refractivity contribution >= 4 is 12.0 Å². The fourth-order valence-electron chi connectivity index (χ4n) is 1.05. The van der Waals surface area contributed by atoms with Gasteiger partial charge in [-0.05, 0) is 27.3 Å². The Hall–Kier alpha value is -1.14. The van der Waals surface area contributed by atoms with E-state index in [9.17, 15) is 9.59 Å². The Morgan fingerprint density at radius 2 is 2.12 bits per heavy atom. The zero-order chi connectivity index (χ0) is 12.6. The normalized spacial score (nSPS) is 12.3. The summed E-state index contributed by atoms with van der Waals surface area (Å²) in [5.41, 5.74) is 0. The Morgan fingerprint density at radius 1 is 1.50 bits per heavy atom. The number of aliphatic hydroxyl groups is 1. The van der Waals surface area contributed by atoms with Gasteiger partial charge in [0.15, 0.2) is 0 Å². The molecule has 0 rings (SSSR count). The number of hydrogen-bond donors (Lipinski definition) is 2. The van der Waals surface area contributed by atoms with Gasteiger partial charge in [0.25, 0.3) is 0 Å². The minimum absolute atomic E-state index is 0.103. The predicted molar refractivity (Wildman–Crippen MR) is 59.0 cm³/mol. The van der Waals surface area contributed by atoms with Crippen LogP contribution >= 0.6 is 0 Å². The maximum Gasteiger partial charge on any atom is 0.413 e. The molecule has 0 aliphatic carbocycles. The molecule has 6 heteroatoms. The summed E-state index contributed by atoms with van der Waals surface area (Å²) in [5, 5.41) is 11.1. The van der Waals surface area contributed by atoms with Gasteiger partial charge in [-0.2, -0.15) is 0 Å². The number of carbonyl (C=O) groups excluding carboxylic acids is 2. The largest absolute Gasteiger partial charge is 0.450 e. The summed E-state index contributed by atoms with van der Waals surface area (Å²) >= 11 is 0. The van der Waals surface area contributed by atoms with Crippen molar-refractivity contribution in [3.63, 3.8) is 0 Å². The molecule has 0 aromatic heterocycles. The van der Waals surface area contributed by atoms with Crippen molar-refractivity contribution in [2.75, 3.05) is 26.7 Å². The molecule has 1 unspecified atom stereocenters. The maximum atomic E-state index is 11.3. The van der Waals surface area contributed by atoms with E-state index in [4.69, 9.17) is 5.11 Å². The van der Waals surface area contributed by atoms with Gasteiger partial charge in [-0.1, -0.05) is 0 Å². The van der Waals surface area contributed by atoms with Gasteiger partial charge in [-0.25, -0.2) is 4.79 Å².